The summed E-state index contributed by atoms with van der Waals surface area (Å²) < 4.78 is 26.9. The van der Waals surface area contributed by atoms with E-state index in [-0.39, 0.29) is 23.0 Å². The number of ether oxygens (including phenoxy) is 2. The number of halogens is 1. The predicted molar refractivity (Wildman–Crippen MR) is 149 cm³/mol. The van der Waals surface area contributed by atoms with E-state index in [1.165, 1.54) is 17.3 Å². The Morgan fingerprint density at radius 2 is 1.85 bits per heavy atom. The van der Waals surface area contributed by atoms with Crippen LogP contribution in [0.3, 0.4) is 0 Å². The van der Waals surface area contributed by atoms with E-state index in [1.807, 2.05) is 25.1 Å². The van der Waals surface area contributed by atoms with Crippen molar-refractivity contribution in [2.24, 2.45) is 0 Å². The Kier molecular flexibility index (Phi) is 7.25. The van der Waals surface area contributed by atoms with Gasteiger partial charge in [0.1, 0.15) is 17.6 Å². The lowest BCUT2D eigenvalue weighted by atomic mass is 10.2. The summed E-state index contributed by atoms with van der Waals surface area (Å²) in [5, 5.41) is 3.60. The molecule has 1 aliphatic heterocycles. The summed E-state index contributed by atoms with van der Waals surface area (Å²) in [4.78, 5) is 30.9. The number of amides is 1. The van der Waals surface area contributed by atoms with Gasteiger partial charge < -0.3 is 34.5 Å². The molecule has 11 heteroatoms. The van der Waals surface area contributed by atoms with Crippen molar-refractivity contribution in [1.29, 1.82) is 0 Å². The van der Waals surface area contributed by atoms with Crippen molar-refractivity contribution in [3.05, 3.63) is 59.8 Å². The fraction of sp³-hybridized carbons (Fsp3) is 0.321. The molecule has 0 unspecified atom stereocenters. The molecule has 0 saturated carbocycles. The molecule has 3 heterocycles. The van der Waals surface area contributed by atoms with Crippen molar-refractivity contribution in [3.63, 3.8) is 0 Å². The average Bonchev–Trinajstić information content (AvgIpc) is 3.32. The van der Waals surface area contributed by atoms with Crippen LogP contribution in [0.4, 0.5) is 21.6 Å². The van der Waals surface area contributed by atoms with Gasteiger partial charge in [0.25, 0.3) is 5.91 Å². The number of rotatable bonds is 7. The Hall–Kier alpha value is -4.38. The highest BCUT2D eigenvalue weighted by Gasteiger charge is 2.25. The summed E-state index contributed by atoms with van der Waals surface area (Å²) in [6.45, 7) is 5.66. The summed E-state index contributed by atoms with van der Waals surface area (Å²) in [7, 11) is 6.94. The number of carbonyl (C=O) groups excluding carboxylic acids is 1. The highest BCUT2D eigenvalue weighted by atomic mass is 19.1. The van der Waals surface area contributed by atoms with Gasteiger partial charge in [0.2, 0.25) is 5.88 Å². The fourth-order valence-corrected chi connectivity index (χ4v) is 4.60. The maximum Gasteiger partial charge on any atom is 0.262 e. The predicted octanol–water partition coefficient (Wildman–Crippen LogP) is 4.40. The first-order valence-corrected chi connectivity index (χ1v) is 12.7. The molecule has 10 nitrogen and oxygen atoms in total. The first-order chi connectivity index (χ1) is 18.7. The Morgan fingerprint density at radius 1 is 1.08 bits per heavy atom. The van der Waals surface area contributed by atoms with E-state index in [9.17, 15) is 4.79 Å². The third kappa shape index (κ3) is 5.30. The minimum Gasteiger partial charge on any atom is -0.494 e. The van der Waals surface area contributed by atoms with Gasteiger partial charge >= 0.3 is 0 Å². The van der Waals surface area contributed by atoms with Crippen molar-refractivity contribution in [1.82, 2.24) is 24.8 Å². The van der Waals surface area contributed by atoms with E-state index in [2.05, 4.69) is 37.1 Å². The van der Waals surface area contributed by atoms with Crippen LogP contribution in [-0.4, -0.2) is 85.1 Å². The molecule has 1 aliphatic rings. The molecule has 1 fully saturated rings. The molecule has 2 aromatic heterocycles. The van der Waals surface area contributed by atoms with Crippen molar-refractivity contribution in [3.8, 4) is 17.4 Å². The number of benzene rings is 2. The molecule has 4 aromatic rings. The number of carbonyl (C=O) groups is 1. The summed E-state index contributed by atoms with van der Waals surface area (Å²) >= 11 is 0. The number of nitrogens with zero attached hydrogens (tertiary/aromatic N) is 5. The van der Waals surface area contributed by atoms with Crippen LogP contribution >= 0.6 is 0 Å². The van der Waals surface area contributed by atoms with Crippen LogP contribution in [0, 0.1) is 12.7 Å². The first-order valence-electron chi connectivity index (χ1n) is 12.7. The van der Waals surface area contributed by atoms with E-state index in [0.29, 0.717) is 22.3 Å². The van der Waals surface area contributed by atoms with Gasteiger partial charge in [0.15, 0.2) is 17.4 Å². The first kappa shape index (κ1) is 26.2. The molecule has 204 valence electrons. The molecule has 39 heavy (non-hydrogen) atoms. The molecule has 0 atom stereocenters. The maximum atomic E-state index is 15.3. The summed E-state index contributed by atoms with van der Waals surface area (Å²) in [5.74, 6) is -0.259. The molecule has 1 saturated heterocycles. The van der Waals surface area contributed by atoms with Crippen LogP contribution in [0.2, 0.25) is 0 Å². The number of hydrogen-bond donors (Lipinski definition) is 2. The zero-order valence-electron chi connectivity index (χ0n) is 22.7. The number of aromatic nitrogens is 3. The lowest BCUT2D eigenvalue weighted by molar-refractivity contribution is 0.0825. The van der Waals surface area contributed by atoms with Gasteiger partial charge in [-0.3, -0.25) is 4.79 Å². The van der Waals surface area contributed by atoms with E-state index in [4.69, 9.17) is 9.47 Å². The summed E-state index contributed by atoms with van der Waals surface area (Å²) in [6, 6.07) is 10.8. The Bertz CT molecular complexity index is 1510. The number of anilines is 3. The highest BCUT2D eigenvalue weighted by Crippen LogP contribution is 2.36. The SMILES string of the molecule is COc1cc(N2CCN(C)CC2)ccc1Nc1ncnc(Oc2ccc3[nH]c(C)cc3c2F)c1C(=O)N(C)C. The summed E-state index contributed by atoms with van der Waals surface area (Å²) in [6.07, 6.45) is 1.27. The number of H-pyrrole nitrogens is 1. The largest absolute Gasteiger partial charge is 0.494 e. The van der Waals surface area contributed by atoms with Crippen molar-refractivity contribution in [2.45, 2.75) is 6.92 Å². The van der Waals surface area contributed by atoms with Crippen LogP contribution in [-0.2, 0) is 0 Å². The molecule has 0 aliphatic carbocycles. The molecule has 2 N–H and O–H groups in total. The van der Waals surface area contributed by atoms with Crippen LogP contribution < -0.4 is 19.7 Å². The van der Waals surface area contributed by atoms with Gasteiger partial charge in [-0.1, -0.05) is 0 Å². The van der Waals surface area contributed by atoms with Crippen molar-refractivity contribution < 1.29 is 18.7 Å². The zero-order valence-corrected chi connectivity index (χ0v) is 22.7. The van der Waals surface area contributed by atoms with Crippen molar-refractivity contribution >= 4 is 34.0 Å². The topological polar surface area (TPSA) is 98.8 Å². The van der Waals surface area contributed by atoms with Crippen molar-refractivity contribution in [2.75, 3.05) is 64.6 Å². The van der Waals surface area contributed by atoms with E-state index in [0.717, 1.165) is 37.6 Å². The molecule has 2 aromatic carbocycles. The zero-order chi connectivity index (χ0) is 27.7. The van der Waals surface area contributed by atoms with Crippen LogP contribution in [0.25, 0.3) is 10.9 Å². The third-order valence-corrected chi connectivity index (χ3v) is 6.78. The fourth-order valence-electron chi connectivity index (χ4n) is 4.60. The van der Waals surface area contributed by atoms with Crippen LogP contribution in [0.5, 0.6) is 17.4 Å². The Balaban J connectivity index is 1.49. The summed E-state index contributed by atoms with van der Waals surface area (Å²) in [5.41, 5.74) is 3.21. The molecular formula is C28H32FN7O3. The lowest BCUT2D eigenvalue weighted by Gasteiger charge is -2.34. The van der Waals surface area contributed by atoms with Gasteiger partial charge in [-0.15, -0.1) is 0 Å². The second-order valence-electron chi connectivity index (χ2n) is 9.80. The number of aromatic amines is 1. The molecule has 0 bridgehead atoms. The number of piperazine rings is 1. The van der Waals surface area contributed by atoms with Crippen LogP contribution in [0.15, 0.2) is 42.7 Å². The van der Waals surface area contributed by atoms with E-state index in [1.54, 1.807) is 33.3 Å². The van der Waals surface area contributed by atoms with Gasteiger partial charge in [-0.25, -0.2) is 14.4 Å². The van der Waals surface area contributed by atoms with Gasteiger partial charge in [0.05, 0.1) is 12.8 Å². The average molecular weight is 534 g/mol. The monoisotopic (exact) mass is 533 g/mol. The second kappa shape index (κ2) is 10.8. The molecule has 5 rings (SSSR count). The lowest BCUT2D eigenvalue weighted by Crippen LogP contribution is -2.44. The smallest absolute Gasteiger partial charge is 0.262 e. The minimum atomic E-state index is -0.547. The normalized spacial score (nSPS) is 13.9. The van der Waals surface area contributed by atoms with Gasteiger partial charge in [0, 0.05) is 68.6 Å². The van der Waals surface area contributed by atoms with Crippen LogP contribution in [0.1, 0.15) is 16.1 Å². The van der Waals surface area contributed by atoms with Gasteiger partial charge in [-0.05, 0) is 44.3 Å². The Labute approximate surface area is 226 Å². The van der Waals surface area contributed by atoms with E-state index >= 15 is 4.39 Å². The highest BCUT2D eigenvalue weighted by molar-refractivity contribution is 6.01. The quantitative estimate of drug-likeness (QED) is 0.361. The molecule has 0 radical (unpaired) electrons. The number of aryl methyl sites for hydroxylation is 1. The number of fused-ring (bicyclic) bond motifs is 1. The standard InChI is InChI=1S/C28H32FN7O3/c1-17-14-19-20(32-17)8-9-22(25(19)29)39-27-24(28(37)34(2)3)26(30-16-31-27)33-21-7-6-18(15-23(21)38-5)36-12-10-35(4)11-13-36/h6-9,14-16,32H,10-13H2,1-5H3,(H,30,31,33). The molecule has 1 amide bonds. The number of nitrogens with one attached hydrogen (secondary N) is 2. The molecular weight excluding hydrogens is 501 g/mol. The van der Waals surface area contributed by atoms with E-state index < -0.39 is 11.7 Å². The minimum absolute atomic E-state index is 0.0481. The maximum absolute atomic E-state index is 15.3. The number of hydrogen-bond acceptors (Lipinski definition) is 8. The second-order valence-corrected chi connectivity index (χ2v) is 9.80. The Morgan fingerprint density at radius 3 is 2.56 bits per heavy atom. The number of methoxy groups -OCH3 is 1. The third-order valence-electron chi connectivity index (χ3n) is 6.78. The number of likely N-dealkylation sites (N-methyl/N-ethyl adjacent to an activating group) is 1. The van der Waals surface area contributed by atoms with Gasteiger partial charge in [-0.2, -0.15) is 0 Å². The molecule has 0 spiro atoms.